The van der Waals surface area contributed by atoms with Crippen molar-refractivity contribution in [2.24, 2.45) is 0 Å². The van der Waals surface area contributed by atoms with Crippen LogP contribution >= 0.6 is 22.6 Å². The fourth-order valence-electron chi connectivity index (χ4n) is 1.84. The van der Waals surface area contributed by atoms with Crippen LogP contribution in [0.1, 0.15) is 32.6 Å². The number of rotatable bonds is 2. The summed E-state index contributed by atoms with van der Waals surface area (Å²) in [6.45, 7) is 6.11. The van der Waals surface area contributed by atoms with Gasteiger partial charge in [0, 0.05) is 14.7 Å². The third kappa shape index (κ3) is 2.64. The van der Waals surface area contributed by atoms with Crippen LogP contribution in [0.3, 0.4) is 0 Å². The van der Waals surface area contributed by atoms with Crippen LogP contribution in [0.25, 0.3) is 0 Å². The predicted molar refractivity (Wildman–Crippen MR) is 83.2 cm³/mol. The molecule has 0 amide bonds. The average Bonchev–Trinajstić information content (AvgIpc) is 2.35. The van der Waals surface area contributed by atoms with Crippen LogP contribution in [0.2, 0.25) is 0 Å². The molecule has 0 N–H and O–H groups in total. The molecule has 0 radical (unpaired) electrons. The molecule has 0 atom stereocenters. The topological polar surface area (TPSA) is 17.1 Å². The first kappa shape index (κ1) is 13.3. The molecular weight excluding hydrogens is 335 g/mol. The molecule has 0 aromatic heterocycles. The maximum atomic E-state index is 12.4. The summed E-state index contributed by atoms with van der Waals surface area (Å²) in [7, 11) is 0. The van der Waals surface area contributed by atoms with Crippen LogP contribution in [-0.2, 0) is 0 Å². The smallest absolute Gasteiger partial charge is 0.193 e. The Morgan fingerprint density at radius 2 is 1.39 bits per heavy atom. The number of aryl methyl sites for hydroxylation is 3. The Morgan fingerprint density at radius 3 is 1.94 bits per heavy atom. The van der Waals surface area contributed by atoms with Gasteiger partial charge in [-0.3, -0.25) is 4.79 Å². The molecular formula is C16H15IO. The second-order valence-electron chi connectivity index (χ2n) is 4.59. The van der Waals surface area contributed by atoms with Gasteiger partial charge in [0.05, 0.1) is 0 Å². The van der Waals surface area contributed by atoms with Gasteiger partial charge in [-0.05, 0) is 84.3 Å². The van der Waals surface area contributed by atoms with Crippen molar-refractivity contribution >= 4 is 28.4 Å². The Kier molecular flexibility index (Phi) is 3.85. The maximum absolute atomic E-state index is 12.4. The highest BCUT2D eigenvalue weighted by Crippen LogP contribution is 2.18. The van der Waals surface area contributed by atoms with Gasteiger partial charge in [0.15, 0.2) is 5.78 Å². The SMILES string of the molecule is Cc1ccc(C(=O)c2ccc(I)c(C)c2)cc1C. The second-order valence-corrected chi connectivity index (χ2v) is 5.75. The van der Waals surface area contributed by atoms with Gasteiger partial charge in [-0.2, -0.15) is 0 Å². The van der Waals surface area contributed by atoms with E-state index in [0.717, 1.165) is 22.3 Å². The molecule has 0 saturated heterocycles. The number of hydrogen-bond acceptors (Lipinski definition) is 1. The van der Waals surface area contributed by atoms with E-state index in [1.807, 2.05) is 50.2 Å². The normalized spacial score (nSPS) is 10.4. The molecule has 92 valence electrons. The molecule has 0 heterocycles. The molecule has 0 bridgehead atoms. The highest BCUT2D eigenvalue weighted by atomic mass is 127. The Morgan fingerprint density at radius 1 is 0.833 bits per heavy atom. The van der Waals surface area contributed by atoms with E-state index in [4.69, 9.17) is 0 Å². The van der Waals surface area contributed by atoms with Crippen LogP contribution in [-0.4, -0.2) is 5.78 Å². The molecule has 0 aliphatic rings. The van der Waals surface area contributed by atoms with Gasteiger partial charge in [0.2, 0.25) is 0 Å². The summed E-state index contributed by atoms with van der Waals surface area (Å²) < 4.78 is 1.18. The Balaban J connectivity index is 2.41. The first-order chi connectivity index (χ1) is 8.49. The summed E-state index contributed by atoms with van der Waals surface area (Å²) >= 11 is 2.28. The van der Waals surface area contributed by atoms with Crippen molar-refractivity contribution < 1.29 is 4.79 Å². The molecule has 0 unspecified atom stereocenters. The number of carbonyl (C=O) groups excluding carboxylic acids is 1. The third-order valence-corrected chi connectivity index (χ3v) is 4.40. The van der Waals surface area contributed by atoms with Crippen LogP contribution in [0.5, 0.6) is 0 Å². The molecule has 0 saturated carbocycles. The summed E-state index contributed by atoms with van der Waals surface area (Å²) in [6.07, 6.45) is 0. The van der Waals surface area contributed by atoms with Crippen LogP contribution in [0.4, 0.5) is 0 Å². The van der Waals surface area contributed by atoms with E-state index in [1.165, 1.54) is 9.13 Å². The van der Waals surface area contributed by atoms with Gasteiger partial charge < -0.3 is 0 Å². The minimum atomic E-state index is 0.0950. The average molecular weight is 350 g/mol. The largest absolute Gasteiger partial charge is 0.289 e. The van der Waals surface area contributed by atoms with Crippen LogP contribution in [0.15, 0.2) is 36.4 Å². The van der Waals surface area contributed by atoms with Gasteiger partial charge in [0.1, 0.15) is 0 Å². The summed E-state index contributed by atoms with van der Waals surface area (Å²) in [5.41, 5.74) is 5.04. The number of halogens is 1. The highest BCUT2D eigenvalue weighted by molar-refractivity contribution is 14.1. The molecule has 2 heteroatoms. The van der Waals surface area contributed by atoms with E-state index >= 15 is 0 Å². The number of carbonyl (C=O) groups is 1. The summed E-state index contributed by atoms with van der Waals surface area (Å²) in [4.78, 5) is 12.4. The van der Waals surface area contributed by atoms with E-state index < -0.39 is 0 Å². The Hall–Kier alpha value is -1.16. The fourth-order valence-corrected chi connectivity index (χ4v) is 2.17. The van der Waals surface area contributed by atoms with Crippen LogP contribution < -0.4 is 0 Å². The predicted octanol–water partition coefficient (Wildman–Crippen LogP) is 4.45. The molecule has 1 nitrogen and oxygen atoms in total. The van der Waals surface area contributed by atoms with E-state index in [-0.39, 0.29) is 5.78 Å². The minimum Gasteiger partial charge on any atom is -0.289 e. The molecule has 0 aliphatic heterocycles. The van der Waals surface area contributed by atoms with Gasteiger partial charge in [0.25, 0.3) is 0 Å². The molecule has 0 spiro atoms. The van der Waals surface area contributed by atoms with E-state index in [9.17, 15) is 4.79 Å². The van der Waals surface area contributed by atoms with Gasteiger partial charge in [-0.1, -0.05) is 12.1 Å². The summed E-state index contributed by atoms with van der Waals surface area (Å²) in [5.74, 6) is 0.0950. The second kappa shape index (κ2) is 5.22. The van der Waals surface area contributed by atoms with E-state index in [1.54, 1.807) is 0 Å². The van der Waals surface area contributed by atoms with Crippen molar-refractivity contribution in [3.05, 3.63) is 67.8 Å². The zero-order chi connectivity index (χ0) is 13.3. The molecule has 18 heavy (non-hydrogen) atoms. The van der Waals surface area contributed by atoms with E-state index in [0.29, 0.717) is 0 Å². The highest BCUT2D eigenvalue weighted by Gasteiger charge is 2.10. The summed E-state index contributed by atoms with van der Waals surface area (Å²) in [5, 5.41) is 0. The zero-order valence-electron chi connectivity index (χ0n) is 10.8. The lowest BCUT2D eigenvalue weighted by atomic mass is 9.98. The fraction of sp³-hybridized carbons (Fsp3) is 0.188. The minimum absolute atomic E-state index is 0.0950. The first-order valence-corrected chi connectivity index (χ1v) is 6.95. The summed E-state index contributed by atoms with van der Waals surface area (Å²) in [6, 6.07) is 11.7. The third-order valence-electron chi connectivity index (χ3n) is 3.19. The lowest BCUT2D eigenvalue weighted by Crippen LogP contribution is -2.03. The zero-order valence-corrected chi connectivity index (χ0v) is 12.9. The van der Waals surface area contributed by atoms with Gasteiger partial charge in [-0.25, -0.2) is 0 Å². The maximum Gasteiger partial charge on any atom is 0.193 e. The molecule has 0 fully saturated rings. The van der Waals surface area contributed by atoms with Gasteiger partial charge >= 0.3 is 0 Å². The number of ketones is 1. The molecule has 2 aromatic carbocycles. The molecule has 2 rings (SSSR count). The Bertz CT molecular complexity index is 561. The lowest BCUT2D eigenvalue weighted by Gasteiger charge is -2.06. The number of benzene rings is 2. The van der Waals surface area contributed by atoms with Crippen molar-refractivity contribution in [2.45, 2.75) is 20.8 Å². The van der Waals surface area contributed by atoms with Crippen molar-refractivity contribution in [3.63, 3.8) is 0 Å². The van der Waals surface area contributed by atoms with Crippen LogP contribution in [0, 0.1) is 24.3 Å². The quantitative estimate of drug-likeness (QED) is 0.578. The van der Waals surface area contributed by atoms with Crippen molar-refractivity contribution in [2.75, 3.05) is 0 Å². The van der Waals surface area contributed by atoms with Crippen molar-refractivity contribution in [3.8, 4) is 0 Å². The monoisotopic (exact) mass is 350 g/mol. The van der Waals surface area contributed by atoms with Crippen molar-refractivity contribution in [1.29, 1.82) is 0 Å². The Labute approximate surface area is 121 Å². The first-order valence-electron chi connectivity index (χ1n) is 5.87. The molecule has 2 aromatic rings. The van der Waals surface area contributed by atoms with Crippen molar-refractivity contribution in [1.82, 2.24) is 0 Å². The van der Waals surface area contributed by atoms with E-state index in [2.05, 4.69) is 29.5 Å². The molecule has 0 aliphatic carbocycles. The number of hydrogen-bond donors (Lipinski definition) is 0. The standard InChI is InChI=1S/C16H15IO/c1-10-4-5-13(8-11(10)2)16(18)14-6-7-15(17)12(3)9-14/h4-9H,1-3H3. The van der Waals surface area contributed by atoms with Gasteiger partial charge in [-0.15, -0.1) is 0 Å². The lowest BCUT2D eigenvalue weighted by molar-refractivity contribution is 0.103.